The van der Waals surface area contributed by atoms with Gasteiger partial charge in [0, 0.05) is 25.9 Å². The minimum Gasteiger partial charge on any atom is -0.480 e. The molecule has 0 aromatic carbocycles. The Morgan fingerprint density at radius 2 is 0.569 bits per heavy atom. The summed E-state index contributed by atoms with van der Waals surface area (Å²) in [6.07, 6.45) is 62.4. The second kappa shape index (κ2) is 53.4. The lowest BCUT2D eigenvalue weighted by molar-refractivity contribution is -0.142. The molecule has 0 aliphatic rings. The molecular formula is C59H116N2O4. The lowest BCUT2D eigenvalue weighted by Crippen LogP contribution is -2.42. The number of carboxylic acid groups (broad SMARTS) is 1. The van der Waals surface area contributed by atoms with E-state index in [0.717, 1.165) is 58.0 Å². The van der Waals surface area contributed by atoms with Crippen molar-refractivity contribution in [1.82, 2.24) is 10.2 Å². The number of carbonyl (C=O) groups is 3. The van der Waals surface area contributed by atoms with Gasteiger partial charge in [-0.3, -0.25) is 9.59 Å². The number of nitrogens with one attached hydrogen (secondary N) is 1. The molecule has 0 spiro atoms. The summed E-state index contributed by atoms with van der Waals surface area (Å²) in [6.45, 7) is 8.37. The van der Waals surface area contributed by atoms with Gasteiger partial charge in [-0.25, -0.2) is 4.79 Å². The van der Waals surface area contributed by atoms with Gasteiger partial charge < -0.3 is 15.3 Å². The molecule has 0 saturated heterocycles. The average molecular weight is 918 g/mol. The van der Waals surface area contributed by atoms with E-state index in [1.165, 1.54) is 257 Å². The zero-order valence-corrected chi connectivity index (χ0v) is 44.5. The van der Waals surface area contributed by atoms with Crippen molar-refractivity contribution >= 4 is 17.8 Å². The van der Waals surface area contributed by atoms with Crippen LogP contribution in [0.3, 0.4) is 0 Å². The second-order valence-electron chi connectivity index (χ2n) is 20.7. The zero-order valence-electron chi connectivity index (χ0n) is 44.5. The van der Waals surface area contributed by atoms with Gasteiger partial charge in [-0.2, -0.15) is 0 Å². The van der Waals surface area contributed by atoms with Crippen LogP contribution in [0.1, 0.15) is 342 Å². The monoisotopic (exact) mass is 917 g/mol. The molecule has 0 radical (unpaired) electrons. The third-order valence-corrected chi connectivity index (χ3v) is 14.2. The summed E-state index contributed by atoms with van der Waals surface area (Å²) in [5, 5.41) is 12.7. The lowest BCUT2D eigenvalue weighted by atomic mass is 10.0. The maximum Gasteiger partial charge on any atom is 0.326 e. The first-order valence-electron chi connectivity index (χ1n) is 29.8. The molecular weight excluding hydrogens is 801 g/mol. The zero-order chi connectivity index (χ0) is 47.4. The first kappa shape index (κ1) is 63.4. The number of nitrogens with zero attached hydrogens (tertiary/aromatic N) is 1. The highest BCUT2D eigenvalue weighted by Crippen LogP contribution is 2.18. The Morgan fingerprint density at radius 3 is 0.815 bits per heavy atom. The van der Waals surface area contributed by atoms with Crippen LogP contribution in [-0.4, -0.2) is 46.9 Å². The van der Waals surface area contributed by atoms with Crippen molar-refractivity contribution in [2.45, 2.75) is 348 Å². The number of hydrogen-bond donors (Lipinski definition) is 2. The van der Waals surface area contributed by atoms with E-state index in [2.05, 4.69) is 26.1 Å². The van der Waals surface area contributed by atoms with Crippen LogP contribution in [0, 0.1) is 0 Å². The van der Waals surface area contributed by atoms with Crippen molar-refractivity contribution in [1.29, 1.82) is 0 Å². The second-order valence-corrected chi connectivity index (χ2v) is 20.7. The molecule has 65 heavy (non-hydrogen) atoms. The highest BCUT2D eigenvalue weighted by molar-refractivity contribution is 5.84. The van der Waals surface area contributed by atoms with Gasteiger partial charge in [-0.15, -0.1) is 0 Å². The first-order valence-corrected chi connectivity index (χ1v) is 29.8. The SMILES string of the molecule is CCCCCCCCCCCCCCCCCCN(CCCCCCCCCCCCCCCCCC)C(=O)CC[C@H](NC(=O)CCCCCCCCCCCCCCCCC)C(=O)O. The molecule has 386 valence electrons. The molecule has 0 saturated carbocycles. The van der Waals surface area contributed by atoms with Gasteiger partial charge in [0.15, 0.2) is 0 Å². The van der Waals surface area contributed by atoms with E-state index in [1.54, 1.807) is 0 Å². The Kier molecular flexibility index (Phi) is 52.1. The summed E-state index contributed by atoms with van der Waals surface area (Å²) in [4.78, 5) is 40.5. The maximum absolute atomic E-state index is 13.6. The Hall–Kier alpha value is -1.59. The van der Waals surface area contributed by atoms with Crippen LogP contribution in [-0.2, 0) is 14.4 Å². The number of hydrogen-bond acceptors (Lipinski definition) is 3. The number of carbonyl (C=O) groups excluding carboxylic acids is 2. The predicted molar refractivity (Wildman–Crippen MR) is 284 cm³/mol. The Balaban J connectivity index is 4.46. The Labute approximate surface area is 406 Å². The van der Waals surface area contributed by atoms with Gasteiger partial charge in [-0.05, 0) is 25.7 Å². The molecule has 0 rings (SSSR count). The van der Waals surface area contributed by atoms with Crippen molar-refractivity contribution in [2.24, 2.45) is 0 Å². The van der Waals surface area contributed by atoms with E-state index in [9.17, 15) is 19.5 Å². The minimum atomic E-state index is -1.04. The smallest absolute Gasteiger partial charge is 0.326 e. The van der Waals surface area contributed by atoms with Crippen LogP contribution in [0.5, 0.6) is 0 Å². The van der Waals surface area contributed by atoms with Crippen LogP contribution in [0.2, 0.25) is 0 Å². The molecule has 0 heterocycles. The normalized spacial score (nSPS) is 11.9. The fourth-order valence-corrected chi connectivity index (χ4v) is 9.67. The predicted octanol–water partition coefficient (Wildman–Crippen LogP) is 18.9. The van der Waals surface area contributed by atoms with Crippen LogP contribution < -0.4 is 5.32 Å². The topological polar surface area (TPSA) is 86.7 Å². The number of unbranched alkanes of at least 4 members (excludes halogenated alkanes) is 44. The molecule has 0 aliphatic carbocycles. The number of carboxylic acids is 1. The molecule has 2 N–H and O–H groups in total. The van der Waals surface area contributed by atoms with E-state index >= 15 is 0 Å². The standard InChI is InChI=1S/C59H116N2O4/c1-4-7-10-13-16-19-22-25-28-31-34-37-40-43-46-49-54-61(55-50-47-44-41-38-35-32-29-26-23-20-17-14-11-8-5-2)58(63)53-52-56(59(64)65)60-57(62)51-48-45-42-39-36-33-30-27-24-21-18-15-12-9-6-3/h56H,4-55H2,1-3H3,(H,60,62)(H,64,65)/t56-/m0/s1. The van der Waals surface area contributed by atoms with E-state index in [0.29, 0.717) is 6.42 Å². The maximum atomic E-state index is 13.6. The van der Waals surface area contributed by atoms with Gasteiger partial charge in [-0.1, -0.05) is 303 Å². The highest BCUT2D eigenvalue weighted by atomic mass is 16.4. The molecule has 0 bridgehead atoms. The molecule has 0 aromatic rings. The van der Waals surface area contributed by atoms with Crippen molar-refractivity contribution in [3.05, 3.63) is 0 Å². The van der Waals surface area contributed by atoms with Crippen molar-refractivity contribution in [3.63, 3.8) is 0 Å². The van der Waals surface area contributed by atoms with E-state index in [1.807, 2.05) is 4.90 Å². The molecule has 0 unspecified atom stereocenters. The average Bonchev–Trinajstić information content (AvgIpc) is 3.30. The van der Waals surface area contributed by atoms with Crippen LogP contribution in [0.15, 0.2) is 0 Å². The third-order valence-electron chi connectivity index (χ3n) is 14.2. The quantitative estimate of drug-likeness (QED) is 0.0595. The number of amides is 2. The molecule has 0 aliphatic heterocycles. The minimum absolute atomic E-state index is 0.0508. The number of rotatable bonds is 55. The van der Waals surface area contributed by atoms with Gasteiger partial charge >= 0.3 is 5.97 Å². The van der Waals surface area contributed by atoms with Gasteiger partial charge in [0.05, 0.1) is 0 Å². The largest absolute Gasteiger partial charge is 0.480 e. The lowest BCUT2D eigenvalue weighted by Gasteiger charge is -2.24. The van der Waals surface area contributed by atoms with Crippen molar-refractivity contribution in [3.8, 4) is 0 Å². The molecule has 0 fully saturated rings. The summed E-state index contributed by atoms with van der Waals surface area (Å²) in [6, 6.07) is -1.00. The molecule has 6 heteroatoms. The summed E-state index contributed by atoms with van der Waals surface area (Å²) >= 11 is 0. The van der Waals surface area contributed by atoms with Gasteiger partial charge in [0.25, 0.3) is 0 Å². The fraction of sp³-hybridized carbons (Fsp3) is 0.949. The third kappa shape index (κ3) is 48.7. The number of aliphatic carboxylic acids is 1. The van der Waals surface area contributed by atoms with Crippen molar-refractivity contribution < 1.29 is 19.5 Å². The van der Waals surface area contributed by atoms with Gasteiger partial charge in [0.2, 0.25) is 11.8 Å². The van der Waals surface area contributed by atoms with Crippen LogP contribution in [0.4, 0.5) is 0 Å². The Morgan fingerprint density at radius 1 is 0.338 bits per heavy atom. The van der Waals surface area contributed by atoms with Crippen LogP contribution in [0.25, 0.3) is 0 Å². The highest BCUT2D eigenvalue weighted by Gasteiger charge is 2.23. The van der Waals surface area contributed by atoms with Crippen LogP contribution >= 0.6 is 0 Å². The summed E-state index contributed by atoms with van der Waals surface area (Å²) in [5.74, 6) is -1.18. The molecule has 1 atom stereocenters. The van der Waals surface area contributed by atoms with Crippen molar-refractivity contribution in [2.75, 3.05) is 13.1 Å². The molecule has 6 nitrogen and oxygen atoms in total. The fourth-order valence-electron chi connectivity index (χ4n) is 9.67. The van der Waals surface area contributed by atoms with E-state index in [-0.39, 0.29) is 24.7 Å². The first-order chi connectivity index (χ1) is 32.0. The van der Waals surface area contributed by atoms with E-state index in [4.69, 9.17) is 0 Å². The van der Waals surface area contributed by atoms with Gasteiger partial charge in [0.1, 0.15) is 6.04 Å². The summed E-state index contributed by atoms with van der Waals surface area (Å²) in [7, 11) is 0. The summed E-state index contributed by atoms with van der Waals surface area (Å²) < 4.78 is 0. The molecule has 2 amide bonds. The van der Waals surface area contributed by atoms with E-state index < -0.39 is 12.0 Å². The summed E-state index contributed by atoms with van der Waals surface area (Å²) in [5.41, 5.74) is 0. The Bertz CT molecular complexity index is 951. The molecule has 0 aromatic heterocycles.